The van der Waals surface area contributed by atoms with Crippen molar-refractivity contribution in [1.29, 1.82) is 0 Å². The number of nitrogens with one attached hydrogen (secondary N) is 2. The topological polar surface area (TPSA) is 81.7 Å². The van der Waals surface area contributed by atoms with Gasteiger partial charge in [-0.05, 0) is 53.1 Å². The largest absolute Gasteiger partial charge is 0.390 e. The third kappa shape index (κ3) is 7.99. The molecule has 3 aromatic rings. The van der Waals surface area contributed by atoms with Gasteiger partial charge in [0.05, 0.1) is 17.7 Å². The van der Waals surface area contributed by atoms with Crippen LogP contribution >= 0.6 is 0 Å². The zero-order chi connectivity index (χ0) is 29.6. The van der Waals surface area contributed by atoms with E-state index in [4.69, 9.17) is 0 Å². The van der Waals surface area contributed by atoms with Gasteiger partial charge in [0.1, 0.15) is 11.6 Å². The molecular formula is C33H39F2N3O3. The molecule has 3 aromatic carbocycles. The fraction of sp³-hybridized carbons (Fsp3) is 0.394. The van der Waals surface area contributed by atoms with Gasteiger partial charge in [0.15, 0.2) is 0 Å². The molecule has 1 aliphatic rings. The Hall–Kier alpha value is -3.62. The Kier molecular flexibility index (Phi) is 9.89. The fourth-order valence-electron chi connectivity index (χ4n) is 5.54. The first-order valence-corrected chi connectivity index (χ1v) is 14.1. The lowest BCUT2D eigenvalue weighted by atomic mass is 9.79. The molecule has 2 amide bonds. The Morgan fingerprint density at radius 2 is 1.71 bits per heavy atom. The lowest BCUT2D eigenvalue weighted by Crippen LogP contribution is -2.57. The summed E-state index contributed by atoms with van der Waals surface area (Å²) in [5.41, 5.74) is 2.76. The van der Waals surface area contributed by atoms with Gasteiger partial charge in [-0.2, -0.15) is 0 Å². The van der Waals surface area contributed by atoms with E-state index in [9.17, 15) is 23.5 Å². The van der Waals surface area contributed by atoms with Gasteiger partial charge >= 0.3 is 0 Å². The van der Waals surface area contributed by atoms with Gasteiger partial charge in [0.2, 0.25) is 11.8 Å². The summed E-state index contributed by atoms with van der Waals surface area (Å²) in [6.07, 6.45) is -0.224. The van der Waals surface area contributed by atoms with Crippen molar-refractivity contribution in [3.8, 4) is 0 Å². The quantitative estimate of drug-likeness (QED) is 0.313. The third-order valence-corrected chi connectivity index (χ3v) is 7.82. The average molecular weight is 564 g/mol. The highest BCUT2D eigenvalue weighted by atomic mass is 19.1. The molecule has 0 bridgehead atoms. The number of halogens is 2. The molecule has 1 fully saturated rings. The summed E-state index contributed by atoms with van der Waals surface area (Å²) in [6, 6.07) is 20.4. The van der Waals surface area contributed by atoms with Gasteiger partial charge in [-0.1, -0.05) is 68.4 Å². The molecule has 1 aliphatic heterocycles. The molecule has 0 radical (unpaired) electrons. The SMILES string of the molecule is CC(=O)N[C@@H](Cc1cc(F)cc(F)c1)[C@@H](O)CNC1(c2cccc(C(C)C)c2)CCN(Cc2ccccc2)C(=O)C1. The van der Waals surface area contributed by atoms with E-state index in [0.29, 0.717) is 31.0 Å². The van der Waals surface area contributed by atoms with E-state index in [1.807, 2.05) is 47.4 Å². The Balaban J connectivity index is 1.56. The summed E-state index contributed by atoms with van der Waals surface area (Å²) in [6.45, 7) is 6.67. The Labute approximate surface area is 240 Å². The number of carbonyl (C=O) groups is 2. The van der Waals surface area contributed by atoms with Crippen LogP contribution in [-0.4, -0.2) is 47.1 Å². The maximum absolute atomic E-state index is 13.8. The van der Waals surface area contributed by atoms with E-state index in [1.165, 1.54) is 19.1 Å². The molecule has 4 rings (SSSR count). The van der Waals surface area contributed by atoms with E-state index >= 15 is 0 Å². The first-order chi connectivity index (χ1) is 19.5. The molecule has 3 atom stereocenters. The van der Waals surface area contributed by atoms with E-state index < -0.39 is 29.3 Å². The van der Waals surface area contributed by atoms with Crippen LogP contribution in [0.25, 0.3) is 0 Å². The van der Waals surface area contributed by atoms with Crippen LogP contribution in [0.2, 0.25) is 0 Å². The summed E-state index contributed by atoms with van der Waals surface area (Å²) in [4.78, 5) is 27.4. The predicted octanol–water partition coefficient (Wildman–Crippen LogP) is 4.80. The van der Waals surface area contributed by atoms with Gasteiger partial charge in [0, 0.05) is 39.0 Å². The van der Waals surface area contributed by atoms with Crippen molar-refractivity contribution in [2.45, 2.75) is 70.2 Å². The van der Waals surface area contributed by atoms with E-state index in [0.717, 1.165) is 22.8 Å². The van der Waals surface area contributed by atoms with Crippen LogP contribution in [0.5, 0.6) is 0 Å². The predicted molar refractivity (Wildman–Crippen MR) is 155 cm³/mol. The summed E-state index contributed by atoms with van der Waals surface area (Å²) in [5.74, 6) is -1.51. The highest BCUT2D eigenvalue weighted by Crippen LogP contribution is 2.35. The fourth-order valence-corrected chi connectivity index (χ4v) is 5.54. The Morgan fingerprint density at radius 1 is 1.00 bits per heavy atom. The number of nitrogens with zero attached hydrogens (tertiary/aromatic N) is 1. The average Bonchev–Trinajstić information content (AvgIpc) is 2.92. The lowest BCUT2D eigenvalue weighted by molar-refractivity contribution is -0.137. The summed E-state index contributed by atoms with van der Waals surface area (Å²) < 4.78 is 27.7. The second kappa shape index (κ2) is 13.4. The molecule has 0 saturated carbocycles. The van der Waals surface area contributed by atoms with Gasteiger partial charge < -0.3 is 20.6 Å². The van der Waals surface area contributed by atoms with Crippen molar-refractivity contribution in [3.63, 3.8) is 0 Å². The second-order valence-corrected chi connectivity index (χ2v) is 11.3. The zero-order valence-corrected chi connectivity index (χ0v) is 23.9. The number of rotatable bonds is 11. The Bertz CT molecular complexity index is 1330. The first kappa shape index (κ1) is 30.3. The van der Waals surface area contributed by atoms with E-state index in [1.54, 1.807) is 0 Å². The van der Waals surface area contributed by atoms with Crippen LogP contribution in [0.15, 0.2) is 72.8 Å². The first-order valence-electron chi connectivity index (χ1n) is 14.1. The number of carbonyl (C=O) groups excluding carboxylic acids is 2. The molecule has 41 heavy (non-hydrogen) atoms. The number of hydrogen-bond donors (Lipinski definition) is 3. The van der Waals surface area contributed by atoms with Crippen molar-refractivity contribution in [2.75, 3.05) is 13.1 Å². The molecule has 1 saturated heterocycles. The minimum Gasteiger partial charge on any atom is -0.390 e. The smallest absolute Gasteiger partial charge is 0.225 e. The highest BCUT2D eigenvalue weighted by Gasteiger charge is 2.41. The molecule has 0 aliphatic carbocycles. The third-order valence-electron chi connectivity index (χ3n) is 7.82. The number of hydrogen-bond acceptors (Lipinski definition) is 4. The van der Waals surface area contributed by atoms with Gasteiger partial charge in [-0.25, -0.2) is 8.78 Å². The summed E-state index contributed by atoms with van der Waals surface area (Å²) in [5, 5.41) is 17.5. The van der Waals surface area contributed by atoms with E-state index in [2.05, 4.69) is 36.6 Å². The van der Waals surface area contributed by atoms with Gasteiger partial charge in [0.25, 0.3) is 0 Å². The molecule has 6 nitrogen and oxygen atoms in total. The zero-order valence-electron chi connectivity index (χ0n) is 23.9. The van der Waals surface area contributed by atoms with Gasteiger partial charge in [-0.3, -0.25) is 9.59 Å². The monoisotopic (exact) mass is 563 g/mol. The van der Waals surface area contributed by atoms with Gasteiger partial charge in [-0.15, -0.1) is 0 Å². The van der Waals surface area contributed by atoms with Crippen molar-refractivity contribution in [3.05, 3.63) is 107 Å². The Morgan fingerprint density at radius 3 is 2.34 bits per heavy atom. The molecule has 0 aromatic heterocycles. The molecular weight excluding hydrogens is 524 g/mol. The minimum atomic E-state index is -1.09. The molecule has 3 N–H and O–H groups in total. The van der Waals surface area contributed by atoms with Crippen molar-refractivity contribution >= 4 is 11.8 Å². The summed E-state index contributed by atoms with van der Waals surface area (Å²) in [7, 11) is 0. The number of amides is 2. The van der Waals surface area contributed by atoms with Crippen LogP contribution in [0.4, 0.5) is 8.78 Å². The number of aliphatic hydroxyl groups is 1. The summed E-state index contributed by atoms with van der Waals surface area (Å²) >= 11 is 0. The standard InChI is InChI=1S/C33H39F2N3O3/c1-22(2)26-10-7-11-27(17-26)33(12-13-38(32(41)19-33)21-24-8-5-4-6-9-24)36-20-31(40)30(37-23(3)39)16-25-14-28(34)18-29(35)15-25/h4-11,14-15,17-18,22,30-31,36,40H,12-13,16,19-21H2,1-3H3,(H,37,39)/t30-,31-,33?/m0/s1. The maximum atomic E-state index is 13.8. The van der Waals surface area contributed by atoms with Crippen LogP contribution in [0, 0.1) is 11.6 Å². The van der Waals surface area contributed by atoms with Crippen molar-refractivity contribution in [1.82, 2.24) is 15.5 Å². The molecule has 218 valence electrons. The minimum absolute atomic E-state index is 0.00527. The lowest BCUT2D eigenvalue weighted by Gasteiger charge is -2.43. The van der Waals surface area contributed by atoms with Crippen LogP contribution < -0.4 is 10.6 Å². The molecule has 8 heteroatoms. The highest BCUT2D eigenvalue weighted by molar-refractivity contribution is 5.79. The maximum Gasteiger partial charge on any atom is 0.225 e. The second-order valence-electron chi connectivity index (χ2n) is 11.3. The molecule has 1 unspecified atom stereocenters. The number of piperidine rings is 1. The van der Waals surface area contributed by atoms with Crippen LogP contribution in [-0.2, 0) is 28.1 Å². The van der Waals surface area contributed by atoms with E-state index in [-0.39, 0.29) is 31.2 Å². The molecule has 0 spiro atoms. The molecule has 1 heterocycles. The number of likely N-dealkylation sites (tertiary alicyclic amines) is 1. The normalized spacial score (nSPS) is 18.8. The van der Waals surface area contributed by atoms with Crippen molar-refractivity contribution < 1.29 is 23.5 Å². The number of aliphatic hydroxyl groups excluding tert-OH is 1. The van der Waals surface area contributed by atoms with Crippen molar-refractivity contribution in [2.24, 2.45) is 0 Å². The van der Waals surface area contributed by atoms with Crippen LogP contribution in [0.1, 0.15) is 61.8 Å². The number of benzene rings is 3. The van der Waals surface area contributed by atoms with Crippen LogP contribution in [0.3, 0.4) is 0 Å².